The SMILES string of the molecule is Cc1cc2cc(C(=O)N[C@H]3CC[C@H](OCC(C)(C)O)CC3)cnc2cc1OC(F)F. The number of nitrogens with zero attached hydrogens (tertiary/aromatic N) is 1. The van der Waals surface area contributed by atoms with Crippen molar-refractivity contribution in [2.75, 3.05) is 6.61 Å². The summed E-state index contributed by atoms with van der Waals surface area (Å²) in [6.07, 6.45) is 4.79. The van der Waals surface area contributed by atoms with E-state index < -0.39 is 12.2 Å². The maximum atomic E-state index is 12.7. The Bertz CT molecular complexity index is 891. The van der Waals surface area contributed by atoms with Gasteiger partial charge in [-0.15, -0.1) is 0 Å². The summed E-state index contributed by atoms with van der Waals surface area (Å²) in [5, 5.41) is 13.5. The number of aryl methyl sites for hydroxylation is 1. The third-order valence-corrected chi connectivity index (χ3v) is 5.14. The molecule has 0 saturated heterocycles. The number of benzene rings is 1. The average molecular weight is 422 g/mol. The van der Waals surface area contributed by atoms with Crippen LogP contribution in [0.5, 0.6) is 5.75 Å². The summed E-state index contributed by atoms with van der Waals surface area (Å²) in [7, 11) is 0. The zero-order valence-corrected chi connectivity index (χ0v) is 17.5. The summed E-state index contributed by atoms with van der Waals surface area (Å²) in [6, 6.07) is 4.89. The van der Waals surface area contributed by atoms with Crippen molar-refractivity contribution < 1.29 is 28.2 Å². The van der Waals surface area contributed by atoms with Gasteiger partial charge in [0.25, 0.3) is 5.91 Å². The number of fused-ring (bicyclic) bond motifs is 1. The quantitative estimate of drug-likeness (QED) is 0.706. The predicted molar refractivity (Wildman–Crippen MR) is 109 cm³/mol. The lowest BCUT2D eigenvalue weighted by Gasteiger charge is -2.30. The summed E-state index contributed by atoms with van der Waals surface area (Å²) < 4.78 is 35.2. The number of hydrogen-bond acceptors (Lipinski definition) is 5. The molecule has 1 amide bonds. The van der Waals surface area contributed by atoms with Crippen LogP contribution in [0.25, 0.3) is 10.9 Å². The van der Waals surface area contributed by atoms with Crippen molar-refractivity contribution in [2.45, 2.75) is 70.8 Å². The van der Waals surface area contributed by atoms with Crippen molar-refractivity contribution in [1.82, 2.24) is 10.3 Å². The maximum absolute atomic E-state index is 12.7. The Morgan fingerprint density at radius 2 is 1.97 bits per heavy atom. The molecule has 2 aromatic rings. The van der Waals surface area contributed by atoms with Gasteiger partial charge in [-0.2, -0.15) is 8.78 Å². The Hall–Kier alpha value is -2.32. The number of aliphatic hydroxyl groups is 1. The summed E-state index contributed by atoms with van der Waals surface area (Å²) in [5.41, 5.74) is 0.604. The monoisotopic (exact) mass is 422 g/mol. The van der Waals surface area contributed by atoms with E-state index in [-0.39, 0.29) is 23.8 Å². The smallest absolute Gasteiger partial charge is 0.387 e. The van der Waals surface area contributed by atoms with Gasteiger partial charge in [-0.3, -0.25) is 9.78 Å². The molecule has 0 bridgehead atoms. The van der Waals surface area contributed by atoms with Crippen LogP contribution in [0.1, 0.15) is 55.5 Å². The number of carbonyl (C=O) groups excluding carboxylic acids is 1. The van der Waals surface area contributed by atoms with Crippen LogP contribution in [0.3, 0.4) is 0 Å². The fraction of sp³-hybridized carbons (Fsp3) is 0.545. The van der Waals surface area contributed by atoms with Gasteiger partial charge < -0.3 is 19.9 Å². The number of hydrogen-bond donors (Lipinski definition) is 2. The Labute approximate surface area is 174 Å². The molecular formula is C22H28F2N2O4. The van der Waals surface area contributed by atoms with E-state index >= 15 is 0 Å². The minimum absolute atomic E-state index is 0.0544. The Balaban J connectivity index is 1.59. The number of rotatable bonds is 7. The number of carbonyl (C=O) groups is 1. The zero-order valence-electron chi connectivity index (χ0n) is 17.5. The Kier molecular flexibility index (Phi) is 6.88. The lowest BCUT2D eigenvalue weighted by molar-refractivity contribution is -0.0640. The highest BCUT2D eigenvalue weighted by molar-refractivity contribution is 5.97. The minimum atomic E-state index is -2.90. The molecule has 1 saturated carbocycles. The van der Waals surface area contributed by atoms with Gasteiger partial charge in [0.15, 0.2) is 0 Å². The largest absolute Gasteiger partial charge is 0.434 e. The van der Waals surface area contributed by atoms with E-state index in [4.69, 9.17) is 4.74 Å². The van der Waals surface area contributed by atoms with Crippen molar-refractivity contribution in [2.24, 2.45) is 0 Å². The highest BCUT2D eigenvalue weighted by atomic mass is 19.3. The van der Waals surface area contributed by atoms with Crippen LogP contribution >= 0.6 is 0 Å². The van der Waals surface area contributed by atoms with Gasteiger partial charge in [-0.25, -0.2) is 0 Å². The van der Waals surface area contributed by atoms with Crippen LogP contribution in [0.2, 0.25) is 0 Å². The number of alkyl halides is 2. The van der Waals surface area contributed by atoms with E-state index in [1.165, 1.54) is 12.3 Å². The first-order chi connectivity index (χ1) is 14.1. The maximum Gasteiger partial charge on any atom is 0.387 e. The number of amides is 1. The summed E-state index contributed by atoms with van der Waals surface area (Å²) in [5.74, 6) is -0.137. The van der Waals surface area contributed by atoms with Gasteiger partial charge in [-0.05, 0) is 64.2 Å². The van der Waals surface area contributed by atoms with E-state index in [1.54, 1.807) is 32.9 Å². The van der Waals surface area contributed by atoms with E-state index in [0.29, 0.717) is 28.6 Å². The molecule has 164 valence electrons. The lowest BCUT2D eigenvalue weighted by atomic mass is 9.92. The highest BCUT2D eigenvalue weighted by Gasteiger charge is 2.25. The normalized spacial score (nSPS) is 19.8. The third-order valence-electron chi connectivity index (χ3n) is 5.14. The number of halogens is 2. The number of aromatic nitrogens is 1. The lowest BCUT2D eigenvalue weighted by Crippen LogP contribution is -2.40. The van der Waals surface area contributed by atoms with Gasteiger partial charge in [0.2, 0.25) is 0 Å². The second kappa shape index (κ2) is 9.22. The Morgan fingerprint density at radius 3 is 2.60 bits per heavy atom. The fourth-order valence-corrected chi connectivity index (χ4v) is 3.58. The second-order valence-corrected chi connectivity index (χ2v) is 8.48. The molecule has 1 aliphatic rings. The van der Waals surface area contributed by atoms with Crippen LogP contribution in [-0.2, 0) is 4.74 Å². The third kappa shape index (κ3) is 6.09. The second-order valence-electron chi connectivity index (χ2n) is 8.48. The van der Waals surface area contributed by atoms with Crippen molar-refractivity contribution in [3.05, 3.63) is 35.5 Å². The topological polar surface area (TPSA) is 80.7 Å². The van der Waals surface area contributed by atoms with E-state index in [9.17, 15) is 18.7 Å². The first-order valence-corrected chi connectivity index (χ1v) is 10.1. The highest BCUT2D eigenvalue weighted by Crippen LogP contribution is 2.27. The zero-order chi connectivity index (χ0) is 21.9. The molecule has 1 aromatic carbocycles. The summed E-state index contributed by atoms with van der Waals surface area (Å²) >= 11 is 0. The molecular weight excluding hydrogens is 394 g/mol. The molecule has 2 N–H and O–H groups in total. The fourth-order valence-electron chi connectivity index (χ4n) is 3.58. The van der Waals surface area contributed by atoms with Gasteiger partial charge in [-0.1, -0.05) is 0 Å². The van der Waals surface area contributed by atoms with E-state index in [2.05, 4.69) is 15.0 Å². The van der Waals surface area contributed by atoms with Crippen molar-refractivity contribution in [1.29, 1.82) is 0 Å². The molecule has 0 unspecified atom stereocenters. The van der Waals surface area contributed by atoms with Gasteiger partial charge in [0.1, 0.15) is 5.75 Å². The first-order valence-electron chi connectivity index (χ1n) is 10.1. The van der Waals surface area contributed by atoms with Gasteiger partial charge >= 0.3 is 6.61 Å². The van der Waals surface area contributed by atoms with Gasteiger partial charge in [0, 0.05) is 23.7 Å². The summed E-state index contributed by atoms with van der Waals surface area (Å²) in [4.78, 5) is 16.9. The molecule has 0 atom stereocenters. The molecule has 0 spiro atoms. The molecule has 0 radical (unpaired) electrons. The molecule has 1 aromatic heterocycles. The molecule has 1 aliphatic carbocycles. The molecule has 6 nitrogen and oxygen atoms in total. The molecule has 0 aliphatic heterocycles. The van der Waals surface area contributed by atoms with Crippen LogP contribution < -0.4 is 10.1 Å². The van der Waals surface area contributed by atoms with Crippen LogP contribution in [0, 0.1) is 6.92 Å². The minimum Gasteiger partial charge on any atom is -0.434 e. The Morgan fingerprint density at radius 1 is 1.27 bits per heavy atom. The molecule has 30 heavy (non-hydrogen) atoms. The van der Waals surface area contributed by atoms with E-state index in [0.717, 1.165) is 25.7 Å². The average Bonchev–Trinajstić information content (AvgIpc) is 2.66. The molecule has 1 heterocycles. The first kappa shape index (κ1) is 22.4. The molecule has 1 fully saturated rings. The van der Waals surface area contributed by atoms with E-state index in [1.807, 2.05) is 0 Å². The molecule has 3 rings (SSSR count). The van der Waals surface area contributed by atoms with Crippen molar-refractivity contribution in [3.63, 3.8) is 0 Å². The van der Waals surface area contributed by atoms with Crippen molar-refractivity contribution >= 4 is 16.8 Å². The number of pyridine rings is 1. The van der Waals surface area contributed by atoms with Crippen molar-refractivity contribution in [3.8, 4) is 5.75 Å². The standard InChI is InChI=1S/C22H28F2N2O4/c1-13-8-14-9-15(11-25-18(14)10-19(13)30-21(23)24)20(27)26-16-4-6-17(7-5-16)29-12-22(2,3)28/h8-11,16-17,21,28H,4-7,12H2,1-3H3,(H,26,27)/t16-,17-. The summed E-state index contributed by atoms with van der Waals surface area (Å²) in [6.45, 7) is 2.49. The predicted octanol–water partition coefficient (Wildman–Crippen LogP) is 3.97. The van der Waals surface area contributed by atoms with Crippen LogP contribution in [-0.4, -0.2) is 47.0 Å². The number of nitrogens with one attached hydrogen (secondary N) is 1. The van der Waals surface area contributed by atoms with Crippen LogP contribution in [0.15, 0.2) is 24.4 Å². The number of ether oxygens (including phenoxy) is 2. The van der Waals surface area contributed by atoms with Gasteiger partial charge in [0.05, 0.1) is 29.4 Å². The molecule has 8 heteroatoms. The van der Waals surface area contributed by atoms with Crippen LogP contribution in [0.4, 0.5) is 8.78 Å².